The maximum Gasteiger partial charge on any atom is 0.309 e. The van der Waals surface area contributed by atoms with Crippen molar-refractivity contribution in [3.63, 3.8) is 0 Å². The maximum atomic E-state index is 11.0. The van der Waals surface area contributed by atoms with Crippen LogP contribution in [0.5, 0.6) is 0 Å². The van der Waals surface area contributed by atoms with Crippen molar-refractivity contribution in [2.45, 2.75) is 44.1 Å². The number of hydrogen-bond donors (Lipinski definition) is 1. The minimum absolute atomic E-state index is 0.243. The van der Waals surface area contributed by atoms with E-state index in [9.17, 15) is 4.79 Å². The molecule has 1 atom stereocenters. The molecule has 74 valence electrons. The van der Waals surface area contributed by atoms with Gasteiger partial charge in [-0.1, -0.05) is 19.3 Å². The number of ether oxygens (including phenoxy) is 1. The van der Waals surface area contributed by atoms with Gasteiger partial charge in [0.15, 0.2) is 0 Å². The fourth-order valence-electron chi connectivity index (χ4n) is 2.74. The van der Waals surface area contributed by atoms with Gasteiger partial charge < -0.3 is 9.84 Å². The zero-order valence-corrected chi connectivity index (χ0v) is 7.79. The van der Waals surface area contributed by atoms with Gasteiger partial charge in [0.25, 0.3) is 0 Å². The normalized spacial score (nSPS) is 32.2. The van der Waals surface area contributed by atoms with Gasteiger partial charge >= 0.3 is 5.97 Å². The van der Waals surface area contributed by atoms with Gasteiger partial charge in [-0.2, -0.15) is 0 Å². The van der Waals surface area contributed by atoms with E-state index in [1.165, 1.54) is 6.42 Å². The number of carbonyl (C=O) groups is 1. The number of hydrogen-bond acceptors (Lipinski definition) is 2. The SMILES string of the molecule is O=C(O)C1CCOC12CCCCC2. The Bertz CT molecular complexity index is 206. The van der Waals surface area contributed by atoms with Gasteiger partial charge in [0.05, 0.1) is 11.5 Å². The Hall–Kier alpha value is -0.570. The number of carboxylic acid groups (broad SMARTS) is 1. The average Bonchev–Trinajstić information content (AvgIpc) is 2.50. The standard InChI is InChI=1S/C10H16O3/c11-9(12)8-4-7-13-10(8)5-2-1-3-6-10/h8H,1-7H2,(H,11,12). The quantitative estimate of drug-likeness (QED) is 0.676. The Labute approximate surface area is 78.1 Å². The van der Waals surface area contributed by atoms with Crippen LogP contribution in [0.3, 0.4) is 0 Å². The number of carboxylic acids is 1. The van der Waals surface area contributed by atoms with Crippen LogP contribution in [0.1, 0.15) is 38.5 Å². The highest BCUT2D eigenvalue weighted by molar-refractivity contribution is 5.72. The molecule has 1 aliphatic heterocycles. The summed E-state index contributed by atoms with van der Waals surface area (Å²) in [6, 6.07) is 0. The molecule has 0 aromatic carbocycles. The molecular formula is C10H16O3. The van der Waals surface area contributed by atoms with Crippen molar-refractivity contribution in [3.8, 4) is 0 Å². The Kier molecular flexibility index (Phi) is 2.28. The third-order valence-corrected chi connectivity index (χ3v) is 3.43. The highest BCUT2D eigenvalue weighted by Crippen LogP contribution is 2.43. The van der Waals surface area contributed by atoms with Crippen molar-refractivity contribution >= 4 is 5.97 Å². The molecule has 1 saturated heterocycles. The van der Waals surface area contributed by atoms with E-state index in [0.29, 0.717) is 13.0 Å². The summed E-state index contributed by atoms with van der Waals surface area (Å²) < 4.78 is 5.67. The lowest BCUT2D eigenvalue weighted by atomic mass is 9.76. The second-order valence-electron chi connectivity index (χ2n) is 4.15. The second kappa shape index (κ2) is 3.29. The Morgan fingerprint density at radius 3 is 2.62 bits per heavy atom. The van der Waals surface area contributed by atoms with Crippen LogP contribution in [0.25, 0.3) is 0 Å². The molecule has 2 fully saturated rings. The van der Waals surface area contributed by atoms with E-state index in [1.807, 2.05) is 0 Å². The minimum Gasteiger partial charge on any atom is -0.481 e. The van der Waals surface area contributed by atoms with Crippen LogP contribution >= 0.6 is 0 Å². The first-order valence-corrected chi connectivity index (χ1v) is 5.11. The maximum absolute atomic E-state index is 11.0. The second-order valence-corrected chi connectivity index (χ2v) is 4.15. The van der Waals surface area contributed by atoms with Gasteiger partial charge in [0.2, 0.25) is 0 Å². The molecule has 1 unspecified atom stereocenters. The summed E-state index contributed by atoms with van der Waals surface area (Å²) in [5.41, 5.74) is -0.288. The molecule has 1 aliphatic carbocycles. The number of aliphatic carboxylic acids is 1. The molecular weight excluding hydrogens is 168 g/mol. The fourth-order valence-corrected chi connectivity index (χ4v) is 2.74. The van der Waals surface area contributed by atoms with Crippen molar-refractivity contribution in [3.05, 3.63) is 0 Å². The van der Waals surface area contributed by atoms with E-state index in [2.05, 4.69) is 0 Å². The summed E-state index contributed by atoms with van der Waals surface area (Å²) in [6.45, 7) is 0.636. The van der Waals surface area contributed by atoms with Crippen molar-refractivity contribution in [2.24, 2.45) is 5.92 Å². The van der Waals surface area contributed by atoms with Gasteiger partial charge in [0, 0.05) is 6.61 Å². The molecule has 0 aromatic rings. The number of rotatable bonds is 1. The minimum atomic E-state index is -0.667. The molecule has 1 spiro atoms. The summed E-state index contributed by atoms with van der Waals surface area (Å²) in [7, 11) is 0. The van der Waals surface area contributed by atoms with Crippen molar-refractivity contribution in [1.29, 1.82) is 0 Å². The van der Waals surface area contributed by atoms with E-state index >= 15 is 0 Å². The molecule has 0 radical (unpaired) electrons. The largest absolute Gasteiger partial charge is 0.481 e. The molecule has 1 N–H and O–H groups in total. The summed E-state index contributed by atoms with van der Waals surface area (Å²) in [4.78, 5) is 11.0. The van der Waals surface area contributed by atoms with E-state index in [1.54, 1.807) is 0 Å². The van der Waals surface area contributed by atoms with Crippen LogP contribution in [0, 0.1) is 5.92 Å². The smallest absolute Gasteiger partial charge is 0.309 e. The molecule has 13 heavy (non-hydrogen) atoms. The predicted molar refractivity (Wildman–Crippen MR) is 47.5 cm³/mol. The summed E-state index contributed by atoms with van der Waals surface area (Å²) >= 11 is 0. The highest BCUT2D eigenvalue weighted by atomic mass is 16.5. The summed E-state index contributed by atoms with van der Waals surface area (Å²) in [5.74, 6) is -0.910. The first-order chi connectivity index (χ1) is 6.25. The highest BCUT2D eigenvalue weighted by Gasteiger charge is 2.48. The van der Waals surface area contributed by atoms with E-state index < -0.39 is 5.97 Å². The predicted octanol–water partition coefficient (Wildman–Crippen LogP) is 1.81. The summed E-state index contributed by atoms with van der Waals surface area (Å²) in [6.07, 6.45) is 6.09. The Morgan fingerprint density at radius 2 is 2.00 bits per heavy atom. The van der Waals surface area contributed by atoms with Crippen LogP contribution in [-0.2, 0) is 9.53 Å². The van der Waals surface area contributed by atoms with Gasteiger partial charge in [-0.05, 0) is 19.3 Å². The van der Waals surface area contributed by atoms with E-state index in [-0.39, 0.29) is 11.5 Å². The lowest BCUT2D eigenvalue weighted by Gasteiger charge is -2.35. The molecule has 0 aromatic heterocycles. The zero-order chi connectivity index (χ0) is 9.31. The van der Waals surface area contributed by atoms with Gasteiger partial charge in [-0.25, -0.2) is 0 Å². The van der Waals surface area contributed by atoms with Crippen molar-refractivity contribution < 1.29 is 14.6 Å². The fraction of sp³-hybridized carbons (Fsp3) is 0.900. The molecule has 3 heteroatoms. The first-order valence-electron chi connectivity index (χ1n) is 5.11. The van der Waals surface area contributed by atoms with Crippen molar-refractivity contribution in [1.82, 2.24) is 0 Å². The van der Waals surface area contributed by atoms with Crippen LogP contribution in [0.2, 0.25) is 0 Å². The van der Waals surface area contributed by atoms with Gasteiger partial charge in [-0.15, -0.1) is 0 Å². The van der Waals surface area contributed by atoms with Gasteiger partial charge in [-0.3, -0.25) is 4.79 Å². The third-order valence-electron chi connectivity index (χ3n) is 3.43. The van der Waals surface area contributed by atoms with Crippen LogP contribution < -0.4 is 0 Å². The van der Waals surface area contributed by atoms with E-state index in [4.69, 9.17) is 9.84 Å². The molecule has 0 amide bonds. The van der Waals surface area contributed by atoms with Gasteiger partial charge in [0.1, 0.15) is 0 Å². The molecule has 2 rings (SSSR count). The van der Waals surface area contributed by atoms with Crippen LogP contribution in [-0.4, -0.2) is 23.3 Å². The lowest BCUT2D eigenvalue weighted by molar-refractivity contribution is -0.150. The van der Waals surface area contributed by atoms with Crippen LogP contribution in [0.4, 0.5) is 0 Å². The Balaban J connectivity index is 2.13. The average molecular weight is 184 g/mol. The summed E-state index contributed by atoms with van der Waals surface area (Å²) in [5, 5.41) is 9.05. The third kappa shape index (κ3) is 1.46. The molecule has 1 saturated carbocycles. The van der Waals surface area contributed by atoms with Crippen molar-refractivity contribution in [2.75, 3.05) is 6.61 Å². The molecule has 2 aliphatic rings. The zero-order valence-electron chi connectivity index (χ0n) is 7.79. The molecule has 1 heterocycles. The molecule has 0 bridgehead atoms. The monoisotopic (exact) mass is 184 g/mol. The van der Waals surface area contributed by atoms with Crippen LogP contribution in [0.15, 0.2) is 0 Å². The topological polar surface area (TPSA) is 46.5 Å². The van der Waals surface area contributed by atoms with E-state index in [0.717, 1.165) is 25.7 Å². The first kappa shape index (κ1) is 9.00. The lowest BCUT2D eigenvalue weighted by Crippen LogP contribution is -2.41. The Morgan fingerprint density at radius 1 is 1.31 bits per heavy atom. The molecule has 3 nitrogen and oxygen atoms in total.